The van der Waals surface area contributed by atoms with E-state index in [0.717, 1.165) is 51.3 Å². The summed E-state index contributed by atoms with van der Waals surface area (Å²) >= 11 is 0. The van der Waals surface area contributed by atoms with Gasteiger partial charge >= 0.3 is 0 Å². The SMILES string of the molecule is CN1CCNCC1c1noc(CC2CCCO2)n1. The van der Waals surface area contributed by atoms with Gasteiger partial charge in [-0.2, -0.15) is 4.98 Å². The van der Waals surface area contributed by atoms with Crippen molar-refractivity contribution in [1.82, 2.24) is 20.4 Å². The molecule has 0 spiro atoms. The average molecular weight is 252 g/mol. The van der Waals surface area contributed by atoms with Gasteiger partial charge in [-0.25, -0.2) is 0 Å². The average Bonchev–Trinajstić information content (AvgIpc) is 3.02. The van der Waals surface area contributed by atoms with Gasteiger partial charge < -0.3 is 14.6 Å². The highest BCUT2D eigenvalue weighted by atomic mass is 16.5. The summed E-state index contributed by atoms with van der Waals surface area (Å²) in [7, 11) is 2.10. The van der Waals surface area contributed by atoms with E-state index in [2.05, 4.69) is 27.4 Å². The van der Waals surface area contributed by atoms with Crippen LogP contribution in [0.1, 0.15) is 30.6 Å². The lowest BCUT2D eigenvalue weighted by Gasteiger charge is -2.30. The molecule has 2 fully saturated rings. The number of ether oxygens (including phenoxy) is 1. The number of aromatic nitrogens is 2. The topological polar surface area (TPSA) is 63.4 Å². The van der Waals surface area contributed by atoms with Crippen LogP contribution in [0.5, 0.6) is 0 Å². The number of nitrogens with one attached hydrogen (secondary N) is 1. The largest absolute Gasteiger partial charge is 0.378 e. The standard InChI is InChI=1S/C12H20N4O2/c1-16-5-4-13-8-10(16)12-14-11(18-15-12)7-9-3-2-6-17-9/h9-10,13H,2-8H2,1H3. The Morgan fingerprint density at radius 1 is 1.50 bits per heavy atom. The fraction of sp³-hybridized carbons (Fsp3) is 0.833. The first-order valence-corrected chi connectivity index (χ1v) is 6.68. The summed E-state index contributed by atoms with van der Waals surface area (Å²) in [6.45, 7) is 3.78. The molecule has 2 atom stereocenters. The van der Waals surface area contributed by atoms with Crippen molar-refractivity contribution in [2.75, 3.05) is 33.3 Å². The van der Waals surface area contributed by atoms with E-state index in [1.54, 1.807) is 0 Å². The van der Waals surface area contributed by atoms with Gasteiger partial charge in [-0.05, 0) is 19.9 Å². The fourth-order valence-corrected chi connectivity index (χ4v) is 2.58. The number of hydrogen-bond acceptors (Lipinski definition) is 6. The number of piperazine rings is 1. The number of likely N-dealkylation sites (N-methyl/N-ethyl adjacent to an activating group) is 1. The molecule has 6 heteroatoms. The van der Waals surface area contributed by atoms with Crippen LogP contribution in [0.4, 0.5) is 0 Å². The van der Waals surface area contributed by atoms with E-state index in [1.165, 1.54) is 0 Å². The Balaban J connectivity index is 1.64. The molecule has 1 aromatic heterocycles. The van der Waals surface area contributed by atoms with Crippen LogP contribution in [0.15, 0.2) is 4.52 Å². The second kappa shape index (κ2) is 5.34. The smallest absolute Gasteiger partial charge is 0.229 e. The third-order valence-electron chi connectivity index (χ3n) is 3.72. The molecule has 1 N–H and O–H groups in total. The Morgan fingerprint density at radius 3 is 3.22 bits per heavy atom. The van der Waals surface area contributed by atoms with Crippen molar-refractivity contribution < 1.29 is 9.26 Å². The van der Waals surface area contributed by atoms with Gasteiger partial charge in [0.25, 0.3) is 0 Å². The lowest BCUT2D eigenvalue weighted by Crippen LogP contribution is -2.44. The van der Waals surface area contributed by atoms with E-state index in [-0.39, 0.29) is 12.1 Å². The maximum atomic E-state index is 5.58. The summed E-state index contributed by atoms with van der Waals surface area (Å²) in [5.74, 6) is 1.49. The molecule has 0 saturated carbocycles. The molecule has 2 saturated heterocycles. The van der Waals surface area contributed by atoms with E-state index >= 15 is 0 Å². The molecule has 2 unspecified atom stereocenters. The molecule has 6 nitrogen and oxygen atoms in total. The first-order valence-electron chi connectivity index (χ1n) is 6.68. The predicted molar refractivity (Wildman–Crippen MR) is 65.2 cm³/mol. The molecule has 1 aromatic rings. The van der Waals surface area contributed by atoms with Gasteiger partial charge in [-0.3, -0.25) is 4.90 Å². The van der Waals surface area contributed by atoms with E-state index in [0.29, 0.717) is 5.89 Å². The Morgan fingerprint density at radius 2 is 2.44 bits per heavy atom. The molecule has 3 heterocycles. The van der Waals surface area contributed by atoms with Crippen LogP contribution in [0, 0.1) is 0 Å². The minimum Gasteiger partial charge on any atom is -0.378 e. The van der Waals surface area contributed by atoms with Gasteiger partial charge in [-0.15, -0.1) is 0 Å². The number of rotatable bonds is 3. The van der Waals surface area contributed by atoms with Crippen LogP contribution >= 0.6 is 0 Å². The summed E-state index contributed by atoms with van der Waals surface area (Å²) in [4.78, 5) is 6.77. The van der Waals surface area contributed by atoms with Crippen LogP contribution < -0.4 is 5.32 Å². The van der Waals surface area contributed by atoms with Crippen molar-refractivity contribution >= 4 is 0 Å². The van der Waals surface area contributed by atoms with Crippen molar-refractivity contribution in [1.29, 1.82) is 0 Å². The summed E-state index contributed by atoms with van der Waals surface area (Å²) in [6, 6.07) is 0.223. The normalized spacial score (nSPS) is 29.8. The van der Waals surface area contributed by atoms with Crippen LogP contribution in [-0.4, -0.2) is 54.4 Å². The summed E-state index contributed by atoms with van der Waals surface area (Å²) in [6.07, 6.45) is 3.25. The highest BCUT2D eigenvalue weighted by Crippen LogP contribution is 2.20. The fourth-order valence-electron chi connectivity index (χ4n) is 2.58. The molecule has 2 aliphatic rings. The lowest BCUT2D eigenvalue weighted by atomic mass is 10.2. The second-order valence-electron chi connectivity index (χ2n) is 5.09. The lowest BCUT2D eigenvalue weighted by molar-refractivity contribution is 0.104. The van der Waals surface area contributed by atoms with Crippen molar-refractivity contribution in [2.45, 2.75) is 31.4 Å². The molecule has 3 rings (SSSR count). The molecule has 0 radical (unpaired) electrons. The van der Waals surface area contributed by atoms with Gasteiger partial charge in [0.15, 0.2) is 5.82 Å². The highest BCUT2D eigenvalue weighted by Gasteiger charge is 2.26. The second-order valence-corrected chi connectivity index (χ2v) is 5.09. The van der Waals surface area contributed by atoms with Crippen LogP contribution in [-0.2, 0) is 11.2 Å². The molecular weight excluding hydrogens is 232 g/mol. The van der Waals surface area contributed by atoms with Crippen molar-refractivity contribution in [3.05, 3.63) is 11.7 Å². The molecule has 2 aliphatic heterocycles. The van der Waals surface area contributed by atoms with Crippen molar-refractivity contribution in [3.8, 4) is 0 Å². The Kier molecular flexibility index (Phi) is 3.58. The number of hydrogen-bond donors (Lipinski definition) is 1. The summed E-state index contributed by atoms with van der Waals surface area (Å²) < 4.78 is 10.9. The maximum absolute atomic E-state index is 5.58. The predicted octanol–water partition coefficient (Wildman–Crippen LogP) is 0.367. The highest BCUT2D eigenvalue weighted by molar-refractivity contribution is 4.98. The van der Waals surface area contributed by atoms with E-state index in [4.69, 9.17) is 9.26 Å². The summed E-state index contributed by atoms with van der Waals surface area (Å²) in [5.41, 5.74) is 0. The van der Waals surface area contributed by atoms with E-state index in [9.17, 15) is 0 Å². The molecule has 18 heavy (non-hydrogen) atoms. The third-order valence-corrected chi connectivity index (χ3v) is 3.72. The molecule has 0 bridgehead atoms. The van der Waals surface area contributed by atoms with Crippen molar-refractivity contribution in [2.24, 2.45) is 0 Å². The van der Waals surface area contributed by atoms with Crippen molar-refractivity contribution in [3.63, 3.8) is 0 Å². The first kappa shape index (κ1) is 12.1. The summed E-state index contributed by atoms with van der Waals surface area (Å²) in [5, 5.41) is 7.47. The van der Waals surface area contributed by atoms with E-state index in [1.807, 2.05) is 0 Å². The Bertz CT molecular complexity index is 389. The van der Waals surface area contributed by atoms with Gasteiger partial charge in [-0.1, -0.05) is 5.16 Å². The van der Waals surface area contributed by atoms with Crippen LogP contribution in [0.2, 0.25) is 0 Å². The Labute approximate surface area is 107 Å². The monoisotopic (exact) mass is 252 g/mol. The zero-order chi connectivity index (χ0) is 12.4. The minimum absolute atomic E-state index is 0.223. The number of nitrogens with zero attached hydrogens (tertiary/aromatic N) is 3. The zero-order valence-electron chi connectivity index (χ0n) is 10.8. The minimum atomic E-state index is 0.223. The molecule has 0 aliphatic carbocycles. The van der Waals surface area contributed by atoms with Crippen LogP contribution in [0.3, 0.4) is 0 Å². The third kappa shape index (κ3) is 2.55. The van der Waals surface area contributed by atoms with Crippen LogP contribution in [0.25, 0.3) is 0 Å². The van der Waals surface area contributed by atoms with Gasteiger partial charge in [0, 0.05) is 26.2 Å². The maximum Gasteiger partial charge on any atom is 0.229 e. The molecule has 0 amide bonds. The zero-order valence-corrected chi connectivity index (χ0v) is 10.8. The first-order chi connectivity index (χ1) is 8.83. The quantitative estimate of drug-likeness (QED) is 0.838. The van der Waals surface area contributed by atoms with Gasteiger partial charge in [0.05, 0.1) is 18.6 Å². The Hall–Kier alpha value is -0.980. The van der Waals surface area contributed by atoms with E-state index < -0.39 is 0 Å². The van der Waals surface area contributed by atoms with Gasteiger partial charge in [0.2, 0.25) is 5.89 Å². The molecule has 0 aromatic carbocycles. The molecule has 100 valence electrons. The van der Waals surface area contributed by atoms with Gasteiger partial charge in [0.1, 0.15) is 0 Å². The molecular formula is C12H20N4O2.